The first-order valence-corrected chi connectivity index (χ1v) is 7.18. The van der Waals surface area contributed by atoms with E-state index >= 15 is 0 Å². The van der Waals surface area contributed by atoms with Gasteiger partial charge in [0, 0.05) is 16.3 Å². The van der Waals surface area contributed by atoms with Gasteiger partial charge in [-0.15, -0.1) is 23.4 Å². The first-order chi connectivity index (χ1) is 7.10. The third-order valence-corrected chi connectivity index (χ3v) is 3.51. The van der Waals surface area contributed by atoms with Gasteiger partial charge in [0.1, 0.15) is 0 Å². The zero-order valence-electron chi connectivity index (χ0n) is 8.59. The molecule has 1 aromatic rings. The molecule has 0 fully saturated rings. The summed E-state index contributed by atoms with van der Waals surface area (Å²) in [5.74, 6) is 0.452. The lowest BCUT2D eigenvalue weighted by Crippen LogP contribution is -2.12. The van der Waals surface area contributed by atoms with Gasteiger partial charge in [-0.25, -0.2) is 0 Å². The number of alkyl halides is 2. The zero-order chi connectivity index (χ0) is 11.4. The number of Topliss-reactive ketones (excluding diaryl/α,β-unsaturated/α-hetero) is 1. The summed E-state index contributed by atoms with van der Waals surface area (Å²) >= 11 is 10.8. The Hall–Kier alpha value is 0.01000. The number of benzene rings is 1. The highest BCUT2D eigenvalue weighted by Gasteiger charge is 2.15. The van der Waals surface area contributed by atoms with Gasteiger partial charge in [0.25, 0.3) is 0 Å². The predicted molar refractivity (Wildman–Crippen MR) is 70.5 cm³/mol. The molecule has 0 bridgehead atoms. The maximum Gasteiger partial charge on any atom is 0.176 e. The van der Waals surface area contributed by atoms with Crippen molar-refractivity contribution in [1.82, 2.24) is 0 Å². The monoisotopic (exact) mass is 306 g/mol. The Morgan fingerprint density at radius 2 is 2.27 bits per heavy atom. The van der Waals surface area contributed by atoms with Crippen molar-refractivity contribution in [2.24, 2.45) is 0 Å². The molecule has 0 aromatic heterocycles. The summed E-state index contributed by atoms with van der Waals surface area (Å²) in [4.78, 5) is 12.8. The molecule has 0 saturated heterocycles. The fourth-order valence-electron chi connectivity index (χ4n) is 1.26. The predicted octanol–water partition coefficient (Wildman–Crippen LogP) is 4.11. The second-order valence-corrected chi connectivity index (χ2v) is 5.66. The maximum absolute atomic E-state index is 11.8. The first-order valence-electron chi connectivity index (χ1n) is 4.51. The molecule has 4 heteroatoms. The Morgan fingerprint density at radius 3 is 2.73 bits per heavy atom. The van der Waals surface area contributed by atoms with Crippen LogP contribution in [-0.2, 0) is 5.88 Å². The Labute approximate surface area is 108 Å². The van der Waals surface area contributed by atoms with Crippen molar-refractivity contribution in [2.75, 3.05) is 6.26 Å². The third-order valence-electron chi connectivity index (χ3n) is 2.08. The highest BCUT2D eigenvalue weighted by molar-refractivity contribution is 9.10. The second kappa shape index (κ2) is 5.92. The number of halogens is 2. The lowest BCUT2D eigenvalue weighted by atomic mass is 10.0. The number of ketones is 1. The molecule has 0 amide bonds. The van der Waals surface area contributed by atoms with Crippen LogP contribution in [0.15, 0.2) is 23.1 Å². The van der Waals surface area contributed by atoms with Crippen LogP contribution >= 0.6 is 39.3 Å². The fraction of sp³-hybridized carbons (Fsp3) is 0.364. The van der Waals surface area contributed by atoms with Crippen LogP contribution in [0.25, 0.3) is 0 Å². The quantitative estimate of drug-likeness (QED) is 0.473. The van der Waals surface area contributed by atoms with E-state index < -0.39 is 0 Å². The molecular formula is C11H12BrClOS. The Balaban J connectivity index is 3.13. The lowest BCUT2D eigenvalue weighted by molar-refractivity contribution is 0.0995. The molecule has 0 radical (unpaired) electrons. The molecule has 0 saturated carbocycles. The van der Waals surface area contributed by atoms with E-state index in [2.05, 4.69) is 15.9 Å². The van der Waals surface area contributed by atoms with E-state index in [0.717, 1.165) is 10.5 Å². The summed E-state index contributed by atoms with van der Waals surface area (Å²) in [6.45, 7) is 1.82. The second-order valence-electron chi connectivity index (χ2n) is 3.14. The molecule has 0 spiro atoms. The van der Waals surface area contributed by atoms with Crippen molar-refractivity contribution in [3.05, 3.63) is 29.3 Å². The van der Waals surface area contributed by atoms with Crippen molar-refractivity contribution in [3.8, 4) is 0 Å². The number of hydrogen-bond acceptors (Lipinski definition) is 2. The molecule has 15 heavy (non-hydrogen) atoms. The SMILES string of the molecule is CSc1ccc(C(=O)C(C)Br)c(CCl)c1. The summed E-state index contributed by atoms with van der Waals surface area (Å²) in [6, 6.07) is 5.77. The van der Waals surface area contributed by atoms with E-state index in [0.29, 0.717) is 11.4 Å². The van der Waals surface area contributed by atoms with Crippen LogP contribution in [0.4, 0.5) is 0 Å². The van der Waals surface area contributed by atoms with Crippen molar-refractivity contribution in [2.45, 2.75) is 22.5 Å². The number of carbonyl (C=O) groups excluding carboxylic acids is 1. The number of thioether (sulfide) groups is 1. The Bertz CT molecular complexity index is 366. The van der Waals surface area contributed by atoms with E-state index in [1.807, 2.05) is 31.4 Å². The van der Waals surface area contributed by atoms with Gasteiger partial charge in [0.2, 0.25) is 0 Å². The Morgan fingerprint density at radius 1 is 1.60 bits per heavy atom. The molecule has 0 aliphatic heterocycles. The van der Waals surface area contributed by atoms with Crippen LogP contribution in [0.2, 0.25) is 0 Å². The summed E-state index contributed by atoms with van der Waals surface area (Å²) in [7, 11) is 0. The van der Waals surface area contributed by atoms with Gasteiger partial charge in [0.05, 0.1) is 4.83 Å². The van der Waals surface area contributed by atoms with Gasteiger partial charge in [-0.2, -0.15) is 0 Å². The molecule has 0 aliphatic rings. The van der Waals surface area contributed by atoms with Crippen LogP contribution in [0.1, 0.15) is 22.8 Å². The zero-order valence-corrected chi connectivity index (χ0v) is 11.7. The summed E-state index contributed by atoms with van der Waals surface area (Å²) < 4.78 is 0. The molecule has 1 atom stereocenters. The van der Waals surface area contributed by atoms with Gasteiger partial charge >= 0.3 is 0 Å². The average molecular weight is 308 g/mol. The molecule has 1 aromatic carbocycles. The minimum atomic E-state index is -0.167. The first kappa shape index (κ1) is 13.1. The van der Waals surface area contributed by atoms with E-state index in [4.69, 9.17) is 11.6 Å². The van der Waals surface area contributed by atoms with Crippen LogP contribution < -0.4 is 0 Å². The largest absolute Gasteiger partial charge is 0.293 e. The number of carbonyl (C=O) groups is 1. The lowest BCUT2D eigenvalue weighted by Gasteiger charge is -2.09. The van der Waals surface area contributed by atoms with Crippen LogP contribution in [0.3, 0.4) is 0 Å². The normalized spacial score (nSPS) is 12.5. The fourth-order valence-corrected chi connectivity index (χ4v) is 2.19. The number of rotatable bonds is 4. The van der Waals surface area contributed by atoms with Crippen molar-refractivity contribution >= 4 is 45.1 Å². The van der Waals surface area contributed by atoms with Gasteiger partial charge in [-0.1, -0.05) is 15.9 Å². The summed E-state index contributed by atoms with van der Waals surface area (Å²) in [6.07, 6.45) is 2.00. The standard InChI is InChI=1S/C11H12BrClOS/c1-7(12)11(14)10-4-3-9(15-2)5-8(10)6-13/h3-5,7H,6H2,1-2H3. The van der Waals surface area contributed by atoms with Gasteiger partial charge in [-0.05, 0) is 36.9 Å². The van der Waals surface area contributed by atoms with E-state index in [9.17, 15) is 4.79 Å². The van der Waals surface area contributed by atoms with Gasteiger partial charge in [-0.3, -0.25) is 4.79 Å². The topological polar surface area (TPSA) is 17.1 Å². The van der Waals surface area contributed by atoms with Crippen LogP contribution in [-0.4, -0.2) is 16.9 Å². The van der Waals surface area contributed by atoms with E-state index in [1.165, 1.54) is 0 Å². The minimum Gasteiger partial charge on any atom is -0.293 e. The molecular weight excluding hydrogens is 296 g/mol. The molecule has 1 rings (SSSR count). The van der Waals surface area contributed by atoms with Crippen LogP contribution in [0, 0.1) is 0 Å². The maximum atomic E-state index is 11.8. The smallest absolute Gasteiger partial charge is 0.176 e. The highest BCUT2D eigenvalue weighted by atomic mass is 79.9. The average Bonchev–Trinajstić information content (AvgIpc) is 2.27. The molecule has 0 aliphatic carbocycles. The molecule has 1 nitrogen and oxygen atoms in total. The van der Waals surface area contributed by atoms with Gasteiger partial charge < -0.3 is 0 Å². The summed E-state index contributed by atoms with van der Waals surface area (Å²) in [5, 5.41) is 0. The van der Waals surface area contributed by atoms with Crippen LogP contribution in [0.5, 0.6) is 0 Å². The van der Waals surface area contributed by atoms with Crippen molar-refractivity contribution < 1.29 is 4.79 Å². The van der Waals surface area contributed by atoms with E-state index in [-0.39, 0.29) is 10.6 Å². The minimum absolute atomic E-state index is 0.0818. The molecule has 0 N–H and O–H groups in total. The highest BCUT2D eigenvalue weighted by Crippen LogP contribution is 2.23. The molecule has 82 valence electrons. The van der Waals surface area contributed by atoms with Gasteiger partial charge in [0.15, 0.2) is 5.78 Å². The Kier molecular flexibility index (Phi) is 5.16. The molecule has 1 unspecified atom stereocenters. The van der Waals surface area contributed by atoms with Crippen molar-refractivity contribution in [3.63, 3.8) is 0 Å². The molecule has 0 heterocycles. The van der Waals surface area contributed by atoms with Crippen molar-refractivity contribution in [1.29, 1.82) is 0 Å². The third kappa shape index (κ3) is 3.23. The summed E-state index contributed by atoms with van der Waals surface area (Å²) in [5.41, 5.74) is 1.62. The van der Waals surface area contributed by atoms with E-state index in [1.54, 1.807) is 11.8 Å². The number of hydrogen-bond donors (Lipinski definition) is 0.